The zero-order valence-corrected chi connectivity index (χ0v) is 8.53. The quantitative estimate of drug-likeness (QED) is 0.732. The number of aromatic nitrogens is 2. The maximum Gasteiger partial charge on any atom is 0.233 e. The monoisotopic (exact) mass is 196 g/mol. The fraction of sp³-hybridized carbons (Fsp3) is 0.778. The number of hydrogen-bond acceptors (Lipinski definition) is 5. The number of nitrogens with two attached hydrogens (primary N) is 1. The predicted octanol–water partition coefficient (Wildman–Crippen LogP) is 0.412. The van der Waals surface area contributed by atoms with Crippen LogP contribution in [0.5, 0.6) is 0 Å². The van der Waals surface area contributed by atoms with E-state index < -0.39 is 0 Å². The summed E-state index contributed by atoms with van der Waals surface area (Å²) in [5, 5.41) is 11.1. The molecule has 0 spiro atoms. The lowest BCUT2D eigenvalue weighted by Gasteiger charge is -2.23. The van der Waals surface area contributed by atoms with E-state index in [4.69, 9.17) is 10.2 Å². The van der Waals surface area contributed by atoms with Gasteiger partial charge >= 0.3 is 0 Å². The van der Waals surface area contributed by atoms with Crippen LogP contribution >= 0.6 is 0 Å². The van der Waals surface area contributed by atoms with Crippen molar-refractivity contribution in [3.8, 4) is 0 Å². The maximum absolute atomic E-state index is 5.90. The van der Waals surface area contributed by atoms with Crippen molar-refractivity contribution >= 4 is 0 Å². The molecule has 2 heterocycles. The van der Waals surface area contributed by atoms with Gasteiger partial charge < -0.3 is 15.5 Å². The van der Waals surface area contributed by atoms with Crippen LogP contribution in [-0.4, -0.2) is 23.3 Å². The summed E-state index contributed by atoms with van der Waals surface area (Å²) in [6.07, 6.45) is 0. The highest BCUT2D eigenvalue weighted by molar-refractivity contribution is 5.00. The van der Waals surface area contributed by atoms with Gasteiger partial charge in [0, 0.05) is 13.1 Å². The number of nitrogens with one attached hydrogen (secondary N) is 1. The molecule has 0 aliphatic carbocycles. The molecule has 1 aromatic rings. The van der Waals surface area contributed by atoms with Crippen LogP contribution in [0.4, 0.5) is 0 Å². The van der Waals surface area contributed by atoms with E-state index in [0.29, 0.717) is 17.7 Å². The number of nitrogens with zero attached hydrogens (tertiary/aromatic N) is 2. The molecule has 3 N–H and O–H groups in total. The zero-order valence-electron chi connectivity index (χ0n) is 8.53. The van der Waals surface area contributed by atoms with Gasteiger partial charge in [-0.1, -0.05) is 13.8 Å². The number of rotatable bonds is 3. The fourth-order valence-electron chi connectivity index (χ4n) is 1.29. The molecule has 0 bridgehead atoms. The molecule has 2 rings (SSSR count). The molecule has 1 aromatic heterocycles. The van der Waals surface area contributed by atoms with Crippen molar-refractivity contribution in [1.29, 1.82) is 0 Å². The van der Waals surface area contributed by atoms with Gasteiger partial charge in [-0.3, -0.25) is 0 Å². The molecule has 1 aliphatic heterocycles. The van der Waals surface area contributed by atoms with Gasteiger partial charge in [0.05, 0.1) is 12.0 Å². The van der Waals surface area contributed by atoms with Gasteiger partial charge in [-0.05, 0) is 5.92 Å². The standard InChI is InChI=1S/C9H16N4O/c1-5(2)7(10)9-13-12-8(14-9)6-3-11-4-6/h5-7,11H,3-4,10H2,1-2H3/t7-/m0/s1. The van der Waals surface area contributed by atoms with Crippen molar-refractivity contribution in [3.05, 3.63) is 11.8 Å². The van der Waals surface area contributed by atoms with Crippen molar-refractivity contribution < 1.29 is 4.42 Å². The summed E-state index contributed by atoms with van der Waals surface area (Å²) >= 11 is 0. The third-order valence-electron chi connectivity index (χ3n) is 2.59. The van der Waals surface area contributed by atoms with Crippen LogP contribution in [0, 0.1) is 5.92 Å². The highest BCUT2D eigenvalue weighted by atomic mass is 16.4. The summed E-state index contributed by atoms with van der Waals surface area (Å²) in [4.78, 5) is 0. The molecule has 0 unspecified atom stereocenters. The Hall–Kier alpha value is -0.940. The van der Waals surface area contributed by atoms with Crippen molar-refractivity contribution in [2.75, 3.05) is 13.1 Å². The molecule has 0 radical (unpaired) electrons. The highest BCUT2D eigenvalue weighted by Crippen LogP contribution is 2.22. The van der Waals surface area contributed by atoms with Crippen LogP contribution in [0.15, 0.2) is 4.42 Å². The second-order valence-corrected chi connectivity index (χ2v) is 4.10. The Morgan fingerprint density at radius 1 is 1.43 bits per heavy atom. The number of hydrogen-bond donors (Lipinski definition) is 2. The first kappa shape index (κ1) is 9.61. The molecule has 5 heteroatoms. The lowest BCUT2D eigenvalue weighted by molar-refractivity contribution is 0.321. The molecule has 0 aromatic carbocycles. The van der Waals surface area contributed by atoms with Crippen LogP contribution in [0.2, 0.25) is 0 Å². The van der Waals surface area contributed by atoms with Crippen LogP contribution < -0.4 is 11.1 Å². The average Bonchev–Trinajstić information content (AvgIpc) is 2.48. The summed E-state index contributed by atoms with van der Waals surface area (Å²) in [6, 6.07) is -0.149. The van der Waals surface area contributed by atoms with Crippen molar-refractivity contribution in [2.45, 2.75) is 25.8 Å². The lowest BCUT2D eigenvalue weighted by atomic mass is 10.0. The van der Waals surface area contributed by atoms with E-state index in [1.54, 1.807) is 0 Å². The van der Waals surface area contributed by atoms with E-state index in [-0.39, 0.29) is 6.04 Å². The van der Waals surface area contributed by atoms with E-state index in [1.165, 1.54) is 0 Å². The molecule has 1 aliphatic rings. The van der Waals surface area contributed by atoms with Gasteiger partial charge in [-0.25, -0.2) is 0 Å². The Morgan fingerprint density at radius 3 is 2.64 bits per heavy atom. The van der Waals surface area contributed by atoms with Crippen LogP contribution in [-0.2, 0) is 0 Å². The van der Waals surface area contributed by atoms with Crippen molar-refractivity contribution in [2.24, 2.45) is 11.7 Å². The molecule has 5 nitrogen and oxygen atoms in total. The normalized spacial score (nSPS) is 19.7. The van der Waals surface area contributed by atoms with Crippen molar-refractivity contribution in [3.63, 3.8) is 0 Å². The van der Waals surface area contributed by atoms with Gasteiger partial charge in [0.2, 0.25) is 11.8 Å². The second kappa shape index (κ2) is 3.67. The molecule has 1 fully saturated rings. The summed E-state index contributed by atoms with van der Waals surface area (Å²) in [5.74, 6) is 1.98. The molecule has 1 atom stereocenters. The molecule has 0 saturated carbocycles. The smallest absolute Gasteiger partial charge is 0.233 e. The Balaban J connectivity index is 2.08. The van der Waals surface area contributed by atoms with E-state index in [2.05, 4.69) is 15.5 Å². The van der Waals surface area contributed by atoms with Gasteiger partial charge in [0.15, 0.2) is 0 Å². The lowest BCUT2D eigenvalue weighted by Crippen LogP contribution is -2.40. The average molecular weight is 196 g/mol. The van der Waals surface area contributed by atoms with E-state index in [0.717, 1.165) is 19.0 Å². The minimum absolute atomic E-state index is 0.149. The Bertz CT molecular complexity index is 306. The first-order chi connectivity index (χ1) is 6.68. The molecule has 14 heavy (non-hydrogen) atoms. The minimum atomic E-state index is -0.149. The zero-order chi connectivity index (χ0) is 10.1. The maximum atomic E-state index is 5.90. The summed E-state index contributed by atoms with van der Waals surface area (Å²) in [7, 11) is 0. The summed E-state index contributed by atoms with van der Waals surface area (Å²) in [6.45, 7) is 5.94. The molecule has 78 valence electrons. The van der Waals surface area contributed by atoms with E-state index in [9.17, 15) is 0 Å². The Morgan fingerprint density at radius 2 is 2.14 bits per heavy atom. The SMILES string of the molecule is CC(C)[C@H](N)c1nnc(C2CNC2)o1. The third-order valence-corrected chi connectivity index (χ3v) is 2.59. The van der Waals surface area contributed by atoms with Crippen LogP contribution in [0.25, 0.3) is 0 Å². The van der Waals surface area contributed by atoms with Crippen LogP contribution in [0.1, 0.15) is 37.6 Å². The fourth-order valence-corrected chi connectivity index (χ4v) is 1.29. The molecule has 0 amide bonds. The largest absolute Gasteiger partial charge is 0.423 e. The predicted molar refractivity (Wildman–Crippen MR) is 51.7 cm³/mol. The molecule has 1 saturated heterocycles. The third kappa shape index (κ3) is 1.65. The van der Waals surface area contributed by atoms with E-state index in [1.807, 2.05) is 13.8 Å². The first-order valence-corrected chi connectivity index (χ1v) is 4.98. The van der Waals surface area contributed by atoms with Crippen LogP contribution in [0.3, 0.4) is 0 Å². The van der Waals surface area contributed by atoms with Gasteiger partial charge in [0.25, 0.3) is 0 Å². The van der Waals surface area contributed by atoms with Gasteiger partial charge in [-0.15, -0.1) is 10.2 Å². The second-order valence-electron chi connectivity index (χ2n) is 4.10. The summed E-state index contributed by atoms with van der Waals surface area (Å²) in [5.41, 5.74) is 5.90. The minimum Gasteiger partial charge on any atom is -0.423 e. The van der Waals surface area contributed by atoms with E-state index >= 15 is 0 Å². The van der Waals surface area contributed by atoms with Crippen molar-refractivity contribution in [1.82, 2.24) is 15.5 Å². The first-order valence-electron chi connectivity index (χ1n) is 4.98. The topological polar surface area (TPSA) is 77.0 Å². The Labute approximate surface area is 83.1 Å². The van der Waals surface area contributed by atoms with Gasteiger partial charge in [0.1, 0.15) is 0 Å². The molecular weight excluding hydrogens is 180 g/mol. The Kier molecular flexibility index (Phi) is 2.52. The summed E-state index contributed by atoms with van der Waals surface area (Å²) < 4.78 is 5.52. The highest BCUT2D eigenvalue weighted by Gasteiger charge is 2.26. The van der Waals surface area contributed by atoms with Gasteiger partial charge in [-0.2, -0.15) is 0 Å². The molecular formula is C9H16N4O.